The van der Waals surface area contributed by atoms with Gasteiger partial charge in [0.2, 0.25) is 11.8 Å². The van der Waals surface area contributed by atoms with Gasteiger partial charge in [0.05, 0.1) is 38.8 Å². The molecule has 0 aromatic carbocycles. The molecule has 2 amide bonds. The summed E-state index contributed by atoms with van der Waals surface area (Å²) in [6.07, 6.45) is -5.91. The number of aliphatic hydroxyl groups is 2. The second kappa shape index (κ2) is 24.4. The summed E-state index contributed by atoms with van der Waals surface area (Å²) < 4.78 is 62.1. The van der Waals surface area contributed by atoms with Gasteiger partial charge in [0.1, 0.15) is 53.6 Å². The summed E-state index contributed by atoms with van der Waals surface area (Å²) >= 11 is 0.754. The fourth-order valence-corrected chi connectivity index (χ4v) is 9.26. The number of aliphatic hydroxyl groups excluding tert-OH is 2. The number of phosphoric acid groups is 3. The van der Waals surface area contributed by atoms with Gasteiger partial charge in [0.25, 0.3) is 0 Å². The molecule has 0 aliphatic carbocycles. The largest absolute Gasteiger partial charge is 0.481 e. The second-order valence-electron chi connectivity index (χ2n) is 14.9. The van der Waals surface area contributed by atoms with Gasteiger partial charge in [-0.15, -0.1) is 0 Å². The molecule has 1 saturated heterocycles. The Morgan fingerprint density at radius 2 is 1.58 bits per heavy atom. The van der Waals surface area contributed by atoms with E-state index in [1.807, 2.05) is 6.92 Å². The number of fused-ring (bicyclic) bond motifs is 1. The standard InChI is InChI=1S/C33H52N7O20P3S/c1-4-5-6-7-19(41)12-20(42)13-21(43)14-24(45)64-11-10-35-23(44)8-9-36-31(48)28(47)33(2,3)16-57-63(54,55)60-62(52,53)56-15-22-27(59-61(49,50)51)26(46)32(58-22)40-18-39-25-29(34)37-17-38-30(25)40/h17-18,22,26-28,32,46-47H,4-16H2,1-3H3,(H,35,44)(H,36,48)(H,52,53)(H,54,55)(H2,34,37,38)(H2,49,50,51)/t22-,26-,27-,28+,32-/m1/s1. The van der Waals surface area contributed by atoms with Crippen LogP contribution in [0.25, 0.3) is 11.2 Å². The van der Waals surface area contributed by atoms with E-state index >= 15 is 0 Å². The van der Waals surface area contributed by atoms with Crippen LogP contribution in [0.5, 0.6) is 0 Å². The van der Waals surface area contributed by atoms with Crippen LogP contribution < -0.4 is 16.4 Å². The van der Waals surface area contributed by atoms with Gasteiger partial charge < -0.3 is 50.9 Å². The molecule has 3 rings (SSSR count). The quantitative estimate of drug-likeness (QED) is 0.0297. The van der Waals surface area contributed by atoms with Crippen molar-refractivity contribution in [1.29, 1.82) is 0 Å². The van der Waals surface area contributed by atoms with Crippen LogP contribution >= 0.6 is 35.2 Å². The summed E-state index contributed by atoms with van der Waals surface area (Å²) in [5.74, 6) is -2.99. The van der Waals surface area contributed by atoms with Gasteiger partial charge in [-0.2, -0.15) is 4.31 Å². The highest BCUT2D eigenvalue weighted by Gasteiger charge is 2.50. The first-order valence-electron chi connectivity index (χ1n) is 19.3. The molecule has 2 aromatic rings. The summed E-state index contributed by atoms with van der Waals surface area (Å²) in [5.41, 5.74) is 4.17. The molecule has 2 unspecified atom stereocenters. The lowest BCUT2D eigenvalue weighted by Crippen LogP contribution is -2.46. The Morgan fingerprint density at radius 1 is 0.922 bits per heavy atom. The Kier molecular flexibility index (Phi) is 20.9. The van der Waals surface area contributed by atoms with Crippen molar-refractivity contribution in [3.8, 4) is 0 Å². The molecule has 27 nitrogen and oxygen atoms in total. The normalized spacial score (nSPS) is 20.3. The molecule has 0 spiro atoms. The number of carbonyl (C=O) groups is 6. The zero-order chi connectivity index (χ0) is 48.0. The van der Waals surface area contributed by atoms with E-state index in [1.54, 1.807) is 0 Å². The molecule has 64 heavy (non-hydrogen) atoms. The van der Waals surface area contributed by atoms with E-state index in [1.165, 1.54) is 13.8 Å². The maximum atomic E-state index is 12.7. The number of nitrogens with two attached hydrogens (primary N) is 1. The average molecular weight is 992 g/mol. The third-order valence-corrected chi connectivity index (χ3v) is 12.9. The zero-order valence-electron chi connectivity index (χ0n) is 34.7. The average Bonchev–Trinajstić information content (AvgIpc) is 3.74. The molecule has 1 aliphatic rings. The van der Waals surface area contributed by atoms with Crippen LogP contribution in [0.3, 0.4) is 0 Å². The lowest BCUT2D eigenvalue weighted by atomic mass is 9.87. The highest BCUT2D eigenvalue weighted by Crippen LogP contribution is 2.61. The van der Waals surface area contributed by atoms with E-state index in [2.05, 4.69) is 34.4 Å². The third kappa shape index (κ3) is 18.1. The fraction of sp³-hybridized carbons (Fsp3) is 0.667. The Morgan fingerprint density at radius 3 is 2.25 bits per heavy atom. The lowest BCUT2D eigenvalue weighted by molar-refractivity contribution is -0.137. The van der Waals surface area contributed by atoms with Gasteiger partial charge >= 0.3 is 23.5 Å². The Labute approximate surface area is 369 Å². The number of amides is 2. The molecular weight excluding hydrogens is 939 g/mol. The van der Waals surface area contributed by atoms with E-state index in [4.69, 9.17) is 19.5 Å². The predicted molar refractivity (Wildman–Crippen MR) is 220 cm³/mol. The maximum Gasteiger partial charge on any atom is 0.481 e. The minimum Gasteiger partial charge on any atom is -0.386 e. The SMILES string of the molecule is CCCCCC(=O)CC(=O)CC(=O)CC(=O)SCCNC(=O)CCNC(=O)[C@H](O)C(C)(C)COP(=O)(O)OP(=O)(O)OC[C@H]1O[C@@H](n2cnc3c(N)ncnc32)[C@H](O)[C@@H]1OP(=O)(O)O. The van der Waals surface area contributed by atoms with Gasteiger partial charge in [-0.1, -0.05) is 45.4 Å². The number of nitrogens with zero attached hydrogens (tertiary/aromatic N) is 4. The number of rotatable bonds is 29. The number of phosphoric ester groups is 3. The Balaban J connectivity index is 1.40. The molecule has 10 N–H and O–H groups in total. The van der Waals surface area contributed by atoms with Crippen LogP contribution in [-0.2, 0) is 65.1 Å². The third-order valence-electron chi connectivity index (χ3n) is 8.95. The molecule has 0 radical (unpaired) electrons. The smallest absolute Gasteiger partial charge is 0.386 e. The van der Waals surface area contributed by atoms with Crippen LogP contribution in [0.15, 0.2) is 12.7 Å². The van der Waals surface area contributed by atoms with E-state index < -0.39 is 114 Å². The first kappa shape index (κ1) is 54.9. The van der Waals surface area contributed by atoms with E-state index in [-0.39, 0.29) is 60.9 Å². The maximum absolute atomic E-state index is 12.7. The highest BCUT2D eigenvalue weighted by molar-refractivity contribution is 8.13. The van der Waals surface area contributed by atoms with E-state index in [0.29, 0.717) is 6.42 Å². The van der Waals surface area contributed by atoms with Gasteiger partial charge in [-0.25, -0.2) is 28.6 Å². The number of hydrogen-bond donors (Lipinski definition) is 9. The van der Waals surface area contributed by atoms with Crippen LogP contribution in [0.4, 0.5) is 5.82 Å². The number of aromatic nitrogens is 4. The molecule has 0 bridgehead atoms. The number of imidazole rings is 1. The van der Waals surface area contributed by atoms with Crippen molar-refractivity contribution >= 4 is 86.5 Å². The van der Waals surface area contributed by atoms with Gasteiger partial charge in [-0.3, -0.25) is 46.9 Å². The number of Topliss-reactive ketones (excluding diaryl/α,β-unsaturated/α-hetero) is 3. The summed E-state index contributed by atoms with van der Waals surface area (Å²) in [4.78, 5) is 124. The summed E-state index contributed by atoms with van der Waals surface area (Å²) in [5, 5.41) is 25.7. The molecule has 2 aromatic heterocycles. The molecule has 31 heteroatoms. The van der Waals surface area contributed by atoms with Crippen molar-refractivity contribution in [2.45, 2.75) is 103 Å². The Hall–Kier alpha value is -3.43. The molecular formula is C33H52N7O20P3S. The first-order valence-corrected chi connectivity index (χ1v) is 24.8. The summed E-state index contributed by atoms with van der Waals surface area (Å²) in [7, 11) is -16.5. The summed E-state index contributed by atoms with van der Waals surface area (Å²) in [6, 6.07) is 0. The number of ketones is 3. The number of unbranched alkanes of at least 4 members (excludes halogenated alkanes) is 2. The number of nitrogens with one attached hydrogen (secondary N) is 2. The minimum absolute atomic E-state index is 0.00447. The van der Waals surface area contributed by atoms with Crippen LogP contribution in [0, 0.1) is 5.41 Å². The van der Waals surface area contributed by atoms with Crippen molar-refractivity contribution in [2.75, 3.05) is 37.8 Å². The number of nitrogen functional groups attached to an aromatic ring is 1. The molecule has 7 atom stereocenters. The monoisotopic (exact) mass is 991 g/mol. The molecule has 1 fully saturated rings. The highest BCUT2D eigenvalue weighted by atomic mass is 32.2. The Bertz CT molecular complexity index is 2140. The number of thioether (sulfide) groups is 1. The second-order valence-corrected chi connectivity index (χ2v) is 20.3. The molecule has 3 heterocycles. The van der Waals surface area contributed by atoms with Crippen molar-refractivity contribution in [1.82, 2.24) is 30.2 Å². The first-order chi connectivity index (χ1) is 29.7. The van der Waals surface area contributed by atoms with Gasteiger partial charge in [-0.05, 0) is 6.42 Å². The fourth-order valence-electron chi connectivity index (χ4n) is 5.73. The van der Waals surface area contributed by atoms with Crippen LogP contribution in [0.2, 0.25) is 0 Å². The van der Waals surface area contributed by atoms with Gasteiger partial charge in [0.15, 0.2) is 22.8 Å². The van der Waals surface area contributed by atoms with Crippen molar-refractivity contribution in [2.24, 2.45) is 5.41 Å². The molecule has 1 aliphatic heterocycles. The zero-order valence-corrected chi connectivity index (χ0v) is 38.2. The van der Waals surface area contributed by atoms with Crippen molar-refractivity contribution < 1.29 is 94.9 Å². The minimum atomic E-state index is -5.61. The number of anilines is 1. The number of ether oxygens (including phenoxy) is 1. The van der Waals surface area contributed by atoms with Crippen LogP contribution in [-0.4, -0.2) is 140 Å². The van der Waals surface area contributed by atoms with Gasteiger partial charge in [0, 0.05) is 37.1 Å². The molecule has 0 saturated carbocycles. The van der Waals surface area contributed by atoms with E-state index in [9.17, 15) is 72.2 Å². The van der Waals surface area contributed by atoms with E-state index in [0.717, 1.165) is 41.8 Å². The number of hydrogen-bond acceptors (Lipinski definition) is 21. The van der Waals surface area contributed by atoms with Crippen molar-refractivity contribution in [3.63, 3.8) is 0 Å². The van der Waals surface area contributed by atoms with Crippen molar-refractivity contribution in [3.05, 3.63) is 12.7 Å². The topological polar surface area (TPSA) is 415 Å². The number of carbonyl (C=O) groups excluding carboxylic acids is 6. The lowest BCUT2D eigenvalue weighted by Gasteiger charge is -2.30. The molecule has 360 valence electrons. The predicted octanol–water partition coefficient (Wildman–Crippen LogP) is 0.123. The summed E-state index contributed by atoms with van der Waals surface area (Å²) in [6.45, 7) is 2.03. The van der Waals surface area contributed by atoms with Crippen LogP contribution in [0.1, 0.15) is 78.4 Å².